The lowest BCUT2D eigenvalue weighted by atomic mass is 10.2. The van der Waals surface area contributed by atoms with Crippen LogP contribution in [0.25, 0.3) is 0 Å². The third-order valence-corrected chi connectivity index (χ3v) is 3.73. The number of hydrogen-bond donors (Lipinski definition) is 1. The minimum atomic E-state index is -4.01. The summed E-state index contributed by atoms with van der Waals surface area (Å²) in [5, 5.41) is 9.23. The Morgan fingerprint density at radius 2 is 1.65 bits per heavy atom. The van der Waals surface area contributed by atoms with Crippen LogP contribution >= 0.6 is 0 Å². The van der Waals surface area contributed by atoms with E-state index in [0.717, 1.165) is 12.1 Å². The van der Waals surface area contributed by atoms with E-state index in [9.17, 15) is 23.1 Å². The van der Waals surface area contributed by atoms with Crippen LogP contribution in [0.5, 0.6) is 5.75 Å². The van der Waals surface area contributed by atoms with Crippen molar-refractivity contribution in [3.63, 3.8) is 0 Å². The van der Waals surface area contributed by atoms with E-state index in [0.29, 0.717) is 11.3 Å². The lowest BCUT2D eigenvalue weighted by Crippen LogP contribution is -1.96. The van der Waals surface area contributed by atoms with Crippen molar-refractivity contribution in [2.45, 2.75) is 11.8 Å². The number of benzene rings is 2. The zero-order valence-corrected chi connectivity index (χ0v) is 12.8. The van der Waals surface area contributed by atoms with Crippen molar-refractivity contribution in [2.24, 2.45) is 9.39 Å². The largest absolute Gasteiger partial charge is 0.508 e. The van der Waals surface area contributed by atoms with Crippen molar-refractivity contribution in [1.29, 1.82) is 0 Å². The van der Waals surface area contributed by atoms with Gasteiger partial charge >= 0.3 is 0 Å². The molecule has 0 aliphatic carbocycles. The summed E-state index contributed by atoms with van der Waals surface area (Å²) >= 11 is 0. The standard InChI is InChI=1S/C8H7NO4S.C7H5NO/c1-6-2-3-7(4-8(6)11)14(12,13)9-5-10;9-6-8-7-4-2-1-3-5-7/h2-4,11H,1H3;1-5H. The molecule has 1 N–H and O–H groups in total. The molecule has 0 radical (unpaired) electrons. The molecule has 0 atom stereocenters. The van der Waals surface area contributed by atoms with E-state index >= 15 is 0 Å². The van der Waals surface area contributed by atoms with Crippen molar-refractivity contribution in [2.75, 3.05) is 0 Å². The molecule has 0 bridgehead atoms. The van der Waals surface area contributed by atoms with E-state index in [-0.39, 0.29) is 10.6 Å². The molecule has 0 saturated carbocycles. The Kier molecular flexibility index (Phi) is 6.58. The van der Waals surface area contributed by atoms with Gasteiger partial charge in [0.05, 0.1) is 10.6 Å². The number of para-hydroxylation sites is 1. The number of aromatic hydroxyl groups is 1. The third kappa shape index (κ3) is 5.68. The Labute approximate surface area is 132 Å². The monoisotopic (exact) mass is 332 g/mol. The molecule has 0 fully saturated rings. The van der Waals surface area contributed by atoms with Crippen LogP contribution in [0.3, 0.4) is 0 Å². The maximum absolute atomic E-state index is 11.2. The van der Waals surface area contributed by atoms with Gasteiger partial charge < -0.3 is 5.11 Å². The van der Waals surface area contributed by atoms with Gasteiger partial charge in [0.15, 0.2) is 0 Å². The SMILES string of the molecule is Cc1ccc(S(=O)(=O)N=C=O)cc1O.O=C=Nc1ccccc1. The van der Waals surface area contributed by atoms with Crippen LogP contribution in [0, 0.1) is 6.92 Å². The molecule has 8 heteroatoms. The molecular weight excluding hydrogens is 320 g/mol. The molecule has 2 aromatic carbocycles. The maximum Gasteiger partial charge on any atom is 0.292 e. The minimum Gasteiger partial charge on any atom is -0.508 e. The van der Waals surface area contributed by atoms with Gasteiger partial charge in [0, 0.05) is 6.07 Å². The Morgan fingerprint density at radius 1 is 1.00 bits per heavy atom. The average molecular weight is 332 g/mol. The summed E-state index contributed by atoms with van der Waals surface area (Å²) in [6, 6.07) is 12.7. The van der Waals surface area contributed by atoms with Crippen LogP contribution in [-0.2, 0) is 19.6 Å². The van der Waals surface area contributed by atoms with Gasteiger partial charge in [-0.15, -0.1) is 0 Å². The van der Waals surface area contributed by atoms with E-state index in [1.807, 2.05) is 18.2 Å². The summed E-state index contributed by atoms with van der Waals surface area (Å²) in [6.07, 6.45) is 2.40. The van der Waals surface area contributed by atoms with Gasteiger partial charge in [0.1, 0.15) is 5.75 Å². The highest BCUT2D eigenvalue weighted by atomic mass is 32.2. The average Bonchev–Trinajstić information content (AvgIpc) is 2.52. The number of rotatable bonds is 3. The van der Waals surface area contributed by atoms with Gasteiger partial charge in [0.2, 0.25) is 6.08 Å². The summed E-state index contributed by atoms with van der Waals surface area (Å²) in [7, 11) is -4.01. The van der Waals surface area contributed by atoms with Gasteiger partial charge in [-0.1, -0.05) is 28.7 Å². The topological polar surface area (TPSA) is 113 Å². The van der Waals surface area contributed by atoms with E-state index in [2.05, 4.69) is 9.39 Å². The fraction of sp³-hybridized carbons (Fsp3) is 0.0667. The van der Waals surface area contributed by atoms with Gasteiger partial charge in [0.25, 0.3) is 16.1 Å². The molecule has 0 heterocycles. The first-order chi connectivity index (χ1) is 10.9. The summed E-state index contributed by atoms with van der Waals surface area (Å²) in [4.78, 5) is 22.7. The molecular formula is C15H12N2O5S. The first kappa shape index (κ1) is 18.0. The summed E-state index contributed by atoms with van der Waals surface area (Å²) in [5.41, 5.74) is 1.19. The summed E-state index contributed by atoms with van der Waals surface area (Å²) in [5.74, 6) is -0.160. The lowest BCUT2D eigenvalue weighted by Gasteiger charge is -2.00. The van der Waals surface area contributed by atoms with Crippen molar-refractivity contribution in [1.82, 2.24) is 0 Å². The first-order valence-corrected chi connectivity index (χ1v) is 7.61. The second kappa shape index (κ2) is 8.41. The Morgan fingerprint density at radius 3 is 2.17 bits per heavy atom. The summed E-state index contributed by atoms with van der Waals surface area (Å²) < 4.78 is 25.0. The molecule has 0 aliphatic rings. The molecule has 7 nitrogen and oxygen atoms in total. The van der Waals surface area contributed by atoms with Crippen LogP contribution in [-0.4, -0.2) is 25.7 Å². The molecule has 118 valence electrons. The molecule has 23 heavy (non-hydrogen) atoms. The number of aryl methyl sites for hydroxylation is 1. The van der Waals surface area contributed by atoms with Crippen molar-refractivity contribution >= 4 is 27.9 Å². The van der Waals surface area contributed by atoms with Gasteiger partial charge in [-0.05, 0) is 30.7 Å². The van der Waals surface area contributed by atoms with E-state index in [1.165, 1.54) is 18.2 Å². The van der Waals surface area contributed by atoms with E-state index < -0.39 is 10.0 Å². The van der Waals surface area contributed by atoms with Gasteiger partial charge in [-0.25, -0.2) is 9.59 Å². The molecule has 0 spiro atoms. The quantitative estimate of drug-likeness (QED) is 0.685. The van der Waals surface area contributed by atoms with Gasteiger partial charge in [-0.2, -0.15) is 13.4 Å². The van der Waals surface area contributed by atoms with Gasteiger partial charge in [-0.3, -0.25) is 0 Å². The molecule has 0 amide bonds. The van der Waals surface area contributed by atoms with Crippen molar-refractivity contribution in [3.8, 4) is 5.75 Å². The second-order valence-corrected chi connectivity index (χ2v) is 5.75. The smallest absolute Gasteiger partial charge is 0.292 e. The Hall–Kier alpha value is -3.05. The van der Waals surface area contributed by atoms with E-state index in [1.54, 1.807) is 19.1 Å². The summed E-state index contributed by atoms with van der Waals surface area (Å²) in [6.45, 7) is 1.62. The third-order valence-electron chi connectivity index (χ3n) is 2.57. The predicted octanol–water partition coefficient (Wildman–Crippen LogP) is 2.38. The fourth-order valence-corrected chi connectivity index (χ4v) is 2.11. The molecule has 0 saturated heterocycles. The highest BCUT2D eigenvalue weighted by Gasteiger charge is 2.13. The molecule has 0 unspecified atom stereocenters. The fourth-order valence-electron chi connectivity index (χ4n) is 1.41. The molecule has 2 aromatic rings. The Balaban J connectivity index is 0.000000253. The van der Waals surface area contributed by atoms with Crippen LogP contribution in [0.1, 0.15) is 5.56 Å². The lowest BCUT2D eigenvalue weighted by molar-refractivity contribution is 0.469. The van der Waals surface area contributed by atoms with E-state index in [4.69, 9.17) is 0 Å². The zero-order chi connectivity index (χ0) is 17.3. The predicted molar refractivity (Wildman–Crippen MR) is 82.4 cm³/mol. The number of aliphatic imine (C=N–C) groups is 1. The Bertz CT molecular complexity index is 866. The number of isocyanates is 2. The molecule has 0 aliphatic heterocycles. The first-order valence-electron chi connectivity index (χ1n) is 6.17. The second-order valence-electron chi connectivity index (χ2n) is 4.14. The number of hydrogen-bond acceptors (Lipinski definition) is 6. The van der Waals surface area contributed by atoms with Crippen LogP contribution < -0.4 is 0 Å². The number of carbonyl (C=O) groups excluding carboxylic acids is 2. The number of sulfonamides is 1. The normalized spacial score (nSPS) is 9.61. The number of phenolic OH excluding ortho intramolecular Hbond substituents is 1. The molecule has 2 rings (SSSR count). The number of nitrogens with zero attached hydrogens (tertiary/aromatic N) is 2. The molecule has 0 aromatic heterocycles. The van der Waals surface area contributed by atoms with Crippen LogP contribution in [0.2, 0.25) is 0 Å². The minimum absolute atomic E-state index is 0.160. The maximum atomic E-state index is 11.2. The number of phenols is 1. The van der Waals surface area contributed by atoms with Crippen LogP contribution in [0.15, 0.2) is 62.8 Å². The van der Waals surface area contributed by atoms with Crippen molar-refractivity contribution in [3.05, 3.63) is 54.1 Å². The van der Waals surface area contributed by atoms with Crippen molar-refractivity contribution < 1.29 is 23.1 Å². The van der Waals surface area contributed by atoms with Crippen LogP contribution in [0.4, 0.5) is 5.69 Å². The zero-order valence-electron chi connectivity index (χ0n) is 12.0. The highest BCUT2D eigenvalue weighted by molar-refractivity contribution is 7.90. The highest BCUT2D eigenvalue weighted by Crippen LogP contribution is 2.21.